The van der Waals surface area contributed by atoms with Crippen molar-refractivity contribution >= 4 is 21.4 Å². The van der Waals surface area contributed by atoms with Gasteiger partial charge in [0.2, 0.25) is 10.0 Å². The summed E-state index contributed by atoms with van der Waals surface area (Å²) in [6.07, 6.45) is 0.553. The largest absolute Gasteiger partial charge is 0.233 e. The van der Waals surface area contributed by atoms with E-state index in [-0.39, 0.29) is 0 Å². The zero-order valence-corrected chi connectivity index (χ0v) is 10.9. The van der Waals surface area contributed by atoms with Gasteiger partial charge in [0.05, 0.1) is 0 Å². The van der Waals surface area contributed by atoms with Crippen LogP contribution in [0.2, 0.25) is 0 Å². The molecular formula is C9H15N3O2S2. The Morgan fingerprint density at radius 3 is 2.69 bits per heavy atom. The minimum absolute atomic E-state index is 0.321. The molecule has 0 atom stereocenters. The van der Waals surface area contributed by atoms with Crippen LogP contribution in [0.3, 0.4) is 0 Å². The van der Waals surface area contributed by atoms with Crippen LogP contribution < -0.4 is 4.72 Å². The van der Waals surface area contributed by atoms with E-state index in [1.165, 1.54) is 11.3 Å². The summed E-state index contributed by atoms with van der Waals surface area (Å²) in [6.45, 7) is 7.62. The lowest BCUT2D eigenvalue weighted by molar-refractivity contribution is 0.590. The van der Waals surface area contributed by atoms with Gasteiger partial charge < -0.3 is 0 Å². The Morgan fingerprint density at radius 1 is 1.50 bits per heavy atom. The molecule has 1 rings (SSSR count). The fourth-order valence-corrected chi connectivity index (χ4v) is 2.31. The van der Waals surface area contributed by atoms with Gasteiger partial charge in [0.1, 0.15) is 10.0 Å². The zero-order valence-electron chi connectivity index (χ0n) is 9.30. The van der Waals surface area contributed by atoms with Crippen molar-refractivity contribution in [1.29, 1.82) is 0 Å². The van der Waals surface area contributed by atoms with E-state index in [2.05, 4.69) is 21.5 Å². The molecule has 0 aliphatic heterocycles. The first-order valence-corrected chi connectivity index (χ1v) is 7.25. The molecular weight excluding hydrogens is 246 g/mol. The minimum atomic E-state index is -3.33. The van der Waals surface area contributed by atoms with Gasteiger partial charge in [-0.1, -0.05) is 20.4 Å². The molecule has 0 fully saturated rings. The number of sulfonamides is 1. The maximum Gasteiger partial charge on any atom is 0.233 e. The van der Waals surface area contributed by atoms with Gasteiger partial charge in [-0.15, -0.1) is 21.5 Å². The average Bonchev–Trinajstić information content (AvgIpc) is 2.66. The molecule has 1 heterocycles. The van der Waals surface area contributed by atoms with Gasteiger partial charge in [-0.3, -0.25) is 0 Å². The summed E-state index contributed by atoms with van der Waals surface area (Å²) in [7, 11) is -3.33. The second-order valence-corrected chi connectivity index (χ2v) is 6.35. The highest BCUT2D eigenvalue weighted by atomic mass is 32.2. The highest BCUT2D eigenvalue weighted by molar-refractivity contribution is 7.92. The average molecular weight is 261 g/mol. The Hall–Kier alpha value is -0.790. The standard InChI is InChI=1S/C9H15N3O2S2/c1-4-16(13,14)10-6-5-8-11-12-9(15-8)7(2)3/h4,7,10H,1,5-6H2,2-3H3. The Bertz CT molecular complexity index is 451. The quantitative estimate of drug-likeness (QED) is 0.837. The predicted octanol–water partition coefficient (Wildman–Crippen LogP) is 1.27. The molecule has 0 saturated carbocycles. The van der Waals surface area contributed by atoms with Gasteiger partial charge in [-0.2, -0.15) is 0 Å². The Kier molecular flexibility index (Phi) is 4.57. The number of hydrogen-bond donors (Lipinski definition) is 1. The van der Waals surface area contributed by atoms with Crippen molar-refractivity contribution in [3.63, 3.8) is 0 Å². The van der Waals surface area contributed by atoms with Crippen LogP contribution in [0.5, 0.6) is 0 Å². The van der Waals surface area contributed by atoms with Gasteiger partial charge in [0.15, 0.2) is 0 Å². The van der Waals surface area contributed by atoms with E-state index in [9.17, 15) is 8.42 Å². The summed E-state index contributed by atoms with van der Waals surface area (Å²) >= 11 is 1.52. The van der Waals surface area contributed by atoms with Crippen LogP contribution in [0.1, 0.15) is 29.8 Å². The third kappa shape index (κ3) is 3.99. The third-order valence-electron chi connectivity index (χ3n) is 1.84. The normalized spacial score (nSPS) is 11.9. The van der Waals surface area contributed by atoms with E-state index < -0.39 is 10.0 Å². The SMILES string of the molecule is C=CS(=O)(=O)NCCc1nnc(C(C)C)s1. The molecule has 16 heavy (non-hydrogen) atoms. The molecule has 0 unspecified atom stereocenters. The summed E-state index contributed by atoms with van der Waals surface area (Å²) < 4.78 is 24.5. The minimum Gasteiger partial charge on any atom is -0.211 e. The van der Waals surface area contributed by atoms with Crippen LogP contribution in [0.15, 0.2) is 12.0 Å². The number of rotatable bonds is 6. The summed E-state index contributed by atoms with van der Waals surface area (Å²) in [5.41, 5.74) is 0. The van der Waals surface area contributed by atoms with Crippen molar-refractivity contribution in [1.82, 2.24) is 14.9 Å². The van der Waals surface area contributed by atoms with Gasteiger partial charge in [-0.25, -0.2) is 13.1 Å². The van der Waals surface area contributed by atoms with Crippen LogP contribution >= 0.6 is 11.3 Å². The zero-order chi connectivity index (χ0) is 12.2. The first-order valence-electron chi connectivity index (χ1n) is 4.89. The smallest absolute Gasteiger partial charge is 0.211 e. The summed E-state index contributed by atoms with van der Waals surface area (Å²) in [5, 5.41) is 10.7. The second-order valence-electron chi connectivity index (χ2n) is 3.54. The topological polar surface area (TPSA) is 72.0 Å². The third-order valence-corrected chi connectivity index (χ3v) is 4.17. The lowest BCUT2D eigenvalue weighted by Gasteiger charge is -1.99. The highest BCUT2D eigenvalue weighted by Gasteiger charge is 2.08. The van der Waals surface area contributed by atoms with Gasteiger partial charge in [0.25, 0.3) is 0 Å². The van der Waals surface area contributed by atoms with Crippen molar-refractivity contribution in [3.8, 4) is 0 Å². The van der Waals surface area contributed by atoms with Crippen LogP contribution in [0.25, 0.3) is 0 Å². The summed E-state index contributed by atoms with van der Waals surface area (Å²) in [6, 6.07) is 0. The fraction of sp³-hybridized carbons (Fsp3) is 0.556. The van der Waals surface area contributed by atoms with Crippen molar-refractivity contribution in [3.05, 3.63) is 22.0 Å². The molecule has 0 radical (unpaired) electrons. The number of nitrogens with zero attached hydrogens (tertiary/aromatic N) is 2. The lowest BCUT2D eigenvalue weighted by atomic mass is 10.2. The summed E-state index contributed by atoms with van der Waals surface area (Å²) in [5.74, 6) is 0.358. The van der Waals surface area contributed by atoms with Gasteiger partial charge in [-0.05, 0) is 0 Å². The van der Waals surface area contributed by atoms with E-state index in [1.54, 1.807) is 0 Å². The molecule has 0 aromatic carbocycles. The monoisotopic (exact) mass is 261 g/mol. The van der Waals surface area contributed by atoms with Crippen LogP contribution in [-0.4, -0.2) is 25.2 Å². The molecule has 0 aliphatic carbocycles. The molecule has 0 bridgehead atoms. The molecule has 0 aliphatic rings. The predicted molar refractivity (Wildman–Crippen MR) is 64.8 cm³/mol. The Labute approximate surface area is 99.7 Å². The first-order chi connectivity index (χ1) is 7.44. The summed E-state index contributed by atoms with van der Waals surface area (Å²) in [4.78, 5) is 0. The highest BCUT2D eigenvalue weighted by Crippen LogP contribution is 2.18. The number of hydrogen-bond acceptors (Lipinski definition) is 5. The molecule has 90 valence electrons. The van der Waals surface area contributed by atoms with E-state index >= 15 is 0 Å². The van der Waals surface area contributed by atoms with Gasteiger partial charge in [0, 0.05) is 24.3 Å². The van der Waals surface area contributed by atoms with E-state index in [1.807, 2.05) is 13.8 Å². The van der Waals surface area contributed by atoms with E-state index in [4.69, 9.17) is 0 Å². The molecule has 7 heteroatoms. The second kappa shape index (κ2) is 5.51. The lowest BCUT2D eigenvalue weighted by Crippen LogP contribution is -2.23. The van der Waals surface area contributed by atoms with Crippen molar-refractivity contribution in [2.45, 2.75) is 26.2 Å². The maximum atomic E-state index is 11.0. The van der Waals surface area contributed by atoms with Crippen LogP contribution in [-0.2, 0) is 16.4 Å². The Balaban J connectivity index is 2.46. The number of aromatic nitrogens is 2. The molecule has 0 amide bonds. The maximum absolute atomic E-state index is 11.0. The van der Waals surface area contributed by atoms with Crippen molar-refractivity contribution in [2.75, 3.05) is 6.54 Å². The van der Waals surface area contributed by atoms with Crippen molar-refractivity contribution < 1.29 is 8.42 Å². The van der Waals surface area contributed by atoms with E-state index in [0.29, 0.717) is 18.9 Å². The first kappa shape index (κ1) is 13.3. The van der Waals surface area contributed by atoms with Crippen molar-refractivity contribution in [2.24, 2.45) is 0 Å². The van der Waals surface area contributed by atoms with Crippen LogP contribution in [0, 0.1) is 0 Å². The molecule has 0 saturated heterocycles. The molecule has 1 aromatic rings. The molecule has 1 N–H and O–H groups in total. The molecule has 1 aromatic heterocycles. The van der Waals surface area contributed by atoms with E-state index in [0.717, 1.165) is 15.4 Å². The van der Waals surface area contributed by atoms with Crippen LogP contribution in [0.4, 0.5) is 0 Å². The molecule has 5 nitrogen and oxygen atoms in total. The fourth-order valence-electron chi connectivity index (χ4n) is 0.960. The van der Waals surface area contributed by atoms with Gasteiger partial charge >= 0.3 is 0 Å². The Morgan fingerprint density at radius 2 is 2.19 bits per heavy atom. The molecule has 0 spiro atoms. The number of nitrogens with one attached hydrogen (secondary N) is 1.